The monoisotopic (exact) mass is 285 g/mol. The van der Waals surface area contributed by atoms with E-state index in [-0.39, 0.29) is 9.49 Å². The molecule has 0 radical (unpaired) electrons. The van der Waals surface area contributed by atoms with Gasteiger partial charge in [-0.05, 0) is 39.0 Å². The van der Waals surface area contributed by atoms with Crippen molar-refractivity contribution in [2.24, 2.45) is 0 Å². The van der Waals surface area contributed by atoms with Crippen LogP contribution in [0.25, 0.3) is 0 Å². The van der Waals surface area contributed by atoms with Gasteiger partial charge in [-0.25, -0.2) is 0 Å². The standard InChI is InChI=1S/C14H23NOS2/c1-13(2,3)17-11-7-10(15)8-12(9-11)18(16)14(4,5)6/h7-9H,15H2,1-6H3/t18-/m1/s1. The van der Waals surface area contributed by atoms with Gasteiger partial charge in [-0.2, -0.15) is 0 Å². The Balaban J connectivity index is 3.13. The number of rotatable bonds is 2. The molecule has 0 aromatic heterocycles. The van der Waals surface area contributed by atoms with Gasteiger partial charge in [-0.1, -0.05) is 20.8 Å². The Morgan fingerprint density at radius 1 is 1.06 bits per heavy atom. The molecule has 0 bridgehead atoms. The second-order valence-electron chi connectivity index (χ2n) is 6.33. The first kappa shape index (κ1) is 15.6. The van der Waals surface area contributed by atoms with Crippen molar-refractivity contribution in [1.82, 2.24) is 0 Å². The summed E-state index contributed by atoms with van der Waals surface area (Å²) in [6.45, 7) is 12.4. The fourth-order valence-corrected chi connectivity index (χ4v) is 3.81. The first-order chi connectivity index (χ1) is 7.99. The molecule has 0 aliphatic heterocycles. The molecule has 0 aliphatic rings. The highest BCUT2D eigenvalue weighted by atomic mass is 32.2. The molecule has 0 amide bonds. The molecule has 1 rings (SSSR count). The third-order valence-electron chi connectivity index (χ3n) is 2.10. The molecule has 0 saturated carbocycles. The zero-order valence-corrected chi connectivity index (χ0v) is 13.7. The van der Waals surface area contributed by atoms with Gasteiger partial charge in [0.25, 0.3) is 0 Å². The van der Waals surface area contributed by atoms with E-state index in [2.05, 4.69) is 20.8 Å². The first-order valence-corrected chi connectivity index (χ1v) is 7.97. The van der Waals surface area contributed by atoms with E-state index < -0.39 is 10.8 Å². The Hall–Kier alpha value is -0.480. The highest BCUT2D eigenvalue weighted by Gasteiger charge is 2.22. The molecule has 4 heteroatoms. The van der Waals surface area contributed by atoms with E-state index in [0.29, 0.717) is 5.69 Å². The van der Waals surface area contributed by atoms with Gasteiger partial charge in [0.1, 0.15) is 0 Å². The van der Waals surface area contributed by atoms with Crippen LogP contribution in [0.4, 0.5) is 5.69 Å². The Labute approximate surface area is 117 Å². The molecule has 0 aliphatic carbocycles. The minimum atomic E-state index is -1.04. The number of anilines is 1. The number of benzene rings is 1. The summed E-state index contributed by atoms with van der Waals surface area (Å²) in [6, 6.07) is 5.75. The number of hydrogen-bond donors (Lipinski definition) is 1. The molecule has 0 heterocycles. The van der Waals surface area contributed by atoms with Gasteiger partial charge in [0.2, 0.25) is 0 Å². The molecule has 2 N–H and O–H groups in total. The molecule has 2 nitrogen and oxygen atoms in total. The van der Waals surface area contributed by atoms with Crippen molar-refractivity contribution in [2.75, 3.05) is 5.73 Å². The lowest BCUT2D eigenvalue weighted by molar-refractivity contribution is 0.648. The Kier molecular flexibility index (Phi) is 4.55. The maximum atomic E-state index is 12.4. The van der Waals surface area contributed by atoms with Crippen LogP contribution < -0.4 is 5.73 Å². The third kappa shape index (κ3) is 4.65. The van der Waals surface area contributed by atoms with Crippen LogP contribution in [-0.2, 0) is 10.8 Å². The zero-order valence-electron chi connectivity index (χ0n) is 12.0. The van der Waals surface area contributed by atoms with Crippen LogP contribution in [0.2, 0.25) is 0 Å². The van der Waals surface area contributed by atoms with Gasteiger partial charge < -0.3 is 5.73 Å². The van der Waals surface area contributed by atoms with Crippen molar-refractivity contribution in [3.63, 3.8) is 0 Å². The molecule has 18 heavy (non-hydrogen) atoms. The van der Waals surface area contributed by atoms with Gasteiger partial charge in [-0.15, -0.1) is 11.8 Å². The van der Waals surface area contributed by atoms with Crippen LogP contribution in [0, 0.1) is 0 Å². The van der Waals surface area contributed by atoms with E-state index in [1.54, 1.807) is 11.8 Å². The summed E-state index contributed by atoms with van der Waals surface area (Å²) in [5.41, 5.74) is 6.59. The van der Waals surface area contributed by atoms with Crippen molar-refractivity contribution < 1.29 is 4.21 Å². The van der Waals surface area contributed by atoms with E-state index in [1.807, 2.05) is 39.0 Å². The van der Waals surface area contributed by atoms with Crippen LogP contribution in [0.5, 0.6) is 0 Å². The summed E-state index contributed by atoms with van der Waals surface area (Å²) in [5.74, 6) is 0. The highest BCUT2D eigenvalue weighted by molar-refractivity contribution is 8.00. The first-order valence-electron chi connectivity index (χ1n) is 6.00. The average Bonchev–Trinajstić information content (AvgIpc) is 2.11. The summed E-state index contributed by atoms with van der Waals surface area (Å²) in [4.78, 5) is 1.89. The number of nitrogens with two attached hydrogens (primary N) is 1. The molecular formula is C14H23NOS2. The molecule has 0 saturated heterocycles. The quantitative estimate of drug-likeness (QED) is 0.658. The SMILES string of the molecule is CC(C)(C)Sc1cc(N)cc([S@@](=O)C(C)(C)C)c1. The lowest BCUT2D eigenvalue weighted by Gasteiger charge is -2.21. The Morgan fingerprint density at radius 3 is 2.06 bits per heavy atom. The van der Waals surface area contributed by atoms with Crippen LogP contribution in [0.15, 0.2) is 28.0 Å². The molecule has 1 aromatic rings. The van der Waals surface area contributed by atoms with Gasteiger partial charge in [0.05, 0.1) is 10.8 Å². The predicted octanol–water partition coefficient (Wildman–Crippen LogP) is 4.07. The highest BCUT2D eigenvalue weighted by Crippen LogP contribution is 2.35. The maximum Gasteiger partial charge on any atom is 0.0584 e. The van der Waals surface area contributed by atoms with E-state index in [4.69, 9.17) is 5.73 Å². The van der Waals surface area contributed by atoms with Crippen molar-refractivity contribution in [3.05, 3.63) is 18.2 Å². The van der Waals surface area contributed by atoms with Gasteiger partial charge in [0.15, 0.2) is 0 Å². The molecule has 1 atom stereocenters. The zero-order chi connectivity index (χ0) is 14.1. The predicted molar refractivity (Wildman–Crippen MR) is 82.6 cm³/mol. The van der Waals surface area contributed by atoms with Gasteiger partial charge in [0, 0.05) is 25.0 Å². The van der Waals surface area contributed by atoms with E-state index in [0.717, 1.165) is 9.79 Å². The van der Waals surface area contributed by atoms with Crippen molar-refractivity contribution in [2.45, 2.75) is 60.8 Å². The summed E-state index contributed by atoms with van der Waals surface area (Å²) >= 11 is 1.74. The summed E-state index contributed by atoms with van der Waals surface area (Å²) < 4.78 is 12.2. The summed E-state index contributed by atoms with van der Waals surface area (Å²) in [7, 11) is -1.04. The summed E-state index contributed by atoms with van der Waals surface area (Å²) in [6.07, 6.45) is 0. The van der Waals surface area contributed by atoms with Gasteiger partial charge in [-0.3, -0.25) is 4.21 Å². The molecular weight excluding hydrogens is 262 g/mol. The number of hydrogen-bond acceptors (Lipinski definition) is 3. The lowest BCUT2D eigenvalue weighted by atomic mass is 10.3. The van der Waals surface area contributed by atoms with E-state index in [1.165, 1.54) is 0 Å². The third-order valence-corrected chi connectivity index (χ3v) is 4.96. The second-order valence-corrected chi connectivity index (χ2v) is 10.5. The minimum Gasteiger partial charge on any atom is -0.399 e. The van der Waals surface area contributed by atoms with Crippen molar-refractivity contribution >= 4 is 28.2 Å². The normalized spacial score (nSPS) is 14.6. The van der Waals surface area contributed by atoms with Crippen molar-refractivity contribution in [1.29, 1.82) is 0 Å². The van der Waals surface area contributed by atoms with Crippen LogP contribution in [-0.4, -0.2) is 13.7 Å². The smallest absolute Gasteiger partial charge is 0.0584 e. The Morgan fingerprint density at radius 2 is 1.61 bits per heavy atom. The van der Waals surface area contributed by atoms with Crippen molar-refractivity contribution in [3.8, 4) is 0 Å². The topological polar surface area (TPSA) is 43.1 Å². The van der Waals surface area contributed by atoms with Crippen LogP contribution in [0.3, 0.4) is 0 Å². The number of thioether (sulfide) groups is 1. The van der Waals surface area contributed by atoms with E-state index >= 15 is 0 Å². The van der Waals surface area contributed by atoms with Crippen LogP contribution >= 0.6 is 11.8 Å². The van der Waals surface area contributed by atoms with Crippen LogP contribution in [0.1, 0.15) is 41.5 Å². The molecule has 0 fully saturated rings. The summed E-state index contributed by atoms with van der Waals surface area (Å²) in [5, 5.41) is 0. The molecule has 0 unspecified atom stereocenters. The lowest BCUT2D eigenvalue weighted by Crippen LogP contribution is -2.21. The van der Waals surface area contributed by atoms with E-state index in [9.17, 15) is 4.21 Å². The second kappa shape index (κ2) is 5.25. The fraction of sp³-hybridized carbons (Fsp3) is 0.571. The Bertz CT molecular complexity index is 456. The molecule has 1 aromatic carbocycles. The van der Waals surface area contributed by atoms with Gasteiger partial charge >= 0.3 is 0 Å². The minimum absolute atomic E-state index is 0.119. The molecule has 0 spiro atoms. The molecule has 102 valence electrons. The maximum absolute atomic E-state index is 12.4. The largest absolute Gasteiger partial charge is 0.399 e. The average molecular weight is 285 g/mol. The fourth-order valence-electron chi connectivity index (χ4n) is 1.47. The number of nitrogen functional groups attached to an aromatic ring is 1.